The molecule has 0 radical (unpaired) electrons. The molecule has 2 N–H and O–H groups in total. The normalized spacial score (nSPS) is 24.0. The minimum atomic E-state index is -0.952. The Labute approximate surface area is 98.1 Å². The first-order chi connectivity index (χ1) is 7.63. The molecule has 0 amide bonds. The Morgan fingerprint density at radius 2 is 2.31 bits per heavy atom. The summed E-state index contributed by atoms with van der Waals surface area (Å²) in [5.41, 5.74) is 0.771. The number of rotatable bonds is 3. The van der Waals surface area contributed by atoms with Crippen LogP contribution in [0.4, 0.5) is 5.69 Å². The summed E-state index contributed by atoms with van der Waals surface area (Å²) in [5.74, 6) is -0.887. The Morgan fingerprint density at radius 1 is 1.56 bits per heavy atom. The standard InChI is InChI=1S/C11H12ClNO3/c12-10-8(6-14)5-13(10)9-3-1-2-7(4-9)11(15)16/h1-4,8,10,14H,5-6H2,(H,15,16). The number of hydrogen-bond donors (Lipinski definition) is 2. The summed E-state index contributed by atoms with van der Waals surface area (Å²) in [4.78, 5) is 12.7. The number of aliphatic hydroxyl groups excluding tert-OH is 1. The molecule has 1 saturated heterocycles. The van der Waals surface area contributed by atoms with Crippen LogP contribution in [0.5, 0.6) is 0 Å². The lowest BCUT2D eigenvalue weighted by molar-refractivity contribution is 0.0697. The van der Waals surface area contributed by atoms with Crippen molar-refractivity contribution < 1.29 is 15.0 Å². The van der Waals surface area contributed by atoms with Crippen molar-refractivity contribution >= 4 is 23.3 Å². The Morgan fingerprint density at radius 3 is 2.88 bits per heavy atom. The smallest absolute Gasteiger partial charge is 0.335 e. The van der Waals surface area contributed by atoms with Gasteiger partial charge in [-0.1, -0.05) is 17.7 Å². The second-order valence-electron chi connectivity index (χ2n) is 3.82. The highest BCUT2D eigenvalue weighted by Crippen LogP contribution is 2.33. The molecule has 1 fully saturated rings. The van der Waals surface area contributed by atoms with Crippen molar-refractivity contribution in [2.75, 3.05) is 18.1 Å². The van der Waals surface area contributed by atoms with Gasteiger partial charge in [0.1, 0.15) is 5.50 Å². The van der Waals surface area contributed by atoms with Gasteiger partial charge in [-0.2, -0.15) is 0 Å². The minimum Gasteiger partial charge on any atom is -0.478 e. The van der Waals surface area contributed by atoms with E-state index in [1.807, 2.05) is 11.0 Å². The highest BCUT2D eigenvalue weighted by Gasteiger charge is 2.37. The van der Waals surface area contributed by atoms with Crippen molar-refractivity contribution in [1.82, 2.24) is 0 Å². The van der Waals surface area contributed by atoms with E-state index in [4.69, 9.17) is 21.8 Å². The zero-order valence-electron chi connectivity index (χ0n) is 8.51. The number of carboxylic acid groups (broad SMARTS) is 1. The first-order valence-corrected chi connectivity index (χ1v) is 5.42. The number of aliphatic hydroxyl groups is 1. The molecular weight excluding hydrogens is 230 g/mol. The van der Waals surface area contributed by atoms with E-state index in [0.717, 1.165) is 5.69 Å². The van der Waals surface area contributed by atoms with Gasteiger partial charge in [0.15, 0.2) is 0 Å². The van der Waals surface area contributed by atoms with Crippen molar-refractivity contribution in [3.05, 3.63) is 29.8 Å². The Bertz CT molecular complexity index is 410. The van der Waals surface area contributed by atoms with Gasteiger partial charge in [-0.25, -0.2) is 4.79 Å². The maximum Gasteiger partial charge on any atom is 0.335 e. The minimum absolute atomic E-state index is 0.0588. The van der Waals surface area contributed by atoms with Crippen LogP contribution in [0.15, 0.2) is 24.3 Å². The zero-order valence-corrected chi connectivity index (χ0v) is 9.26. The summed E-state index contributed by atoms with van der Waals surface area (Å²) in [6, 6.07) is 6.63. The number of hydrogen-bond acceptors (Lipinski definition) is 3. The zero-order chi connectivity index (χ0) is 11.7. The molecule has 1 aliphatic heterocycles. The first-order valence-electron chi connectivity index (χ1n) is 4.98. The van der Waals surface area contributed by atoms with Crippen LogP contribution in [0, 0.1) is 5.92 Å². The summed E-state index contributed by atoms with van der Waals surface area (Å²) < 4.78 is 0. The molecule has 86 valence electrons. The van der Waals surface area contributed by atoms with Crippen LogP contribution in [0.1, 0.15) is 10.4 Å². The third-order valence-electron chi connectivity index (χ3n) is 2.78. The lowest BCUT2D eigenvalue weighted by Gasteiger charge is -2.45. The fourth-order valence-corrected chi connectivity index (χ4v) is 2.12. The van der Waals surface area contributed by atoms with Crippen molar-refractivity contribution in [2.45, 2.75) is 5.50 Å². The fraction of sp³-hybridized carbons (Fsp3) is 0.364. The maximum absolute atomic E-state index is 10.8. The molecule has 5 heteroatoms. The van der Waals surface area contributed by atoms with E-state index in [9.17, 15) is 4.79 Å². The van der Waals surface area contributed by atoms with E-state index < -0.39 is 5.97 Å². The van der Waals surface area contributed by atoms with Crippen LogP contribution >= 0.6 is 11.6 Å². The topological polar surface area (TPSA) is 60.8 Å². The van der Waals surface area contributed by atoms with E-state index >= 15 is 0 Å². The van der Waals surface area contributed by atoms with Crippen LogP contribution in [0.3, 0.4) is 0 Å². The number of benzene rings is 1. The van der Waals surface area contributed by atoms with Gasteiger partial charge < -0.3 is 15.1 Å². The number of carboxylic acids is 1. The molecule has 1 aliphatic rings. The number of aromatic carboxylic acids is 1. The van der Waals surface area contributed by atoms with Crippen LogP contribution in [-0.4, -0.2) is 34.8 Å². The van der Waals surface area contributed by atoms with Crippen molar-refractivity contribution in [3.8, 4) is 0 Å². The van der Waals surface area contributed by atoms with Gasteiger partial charge in [0.05, 0.1) is 12.2 Å². The molecule has 2 rings (SSSR count). The number of anilines is 1. The van der Waals surface area contributed by atoms with Crippen molar-refractivity contribution in [3.63, 3.8) is 0 Å². The Balaban J connectivity index is 2.17. The van der Waals surface area contributed by atoms with Gasteiger partial charge in [-0.15, -0.1) is 0 Å². The molecular formula is C11H12ClNO3. The van der Waals surface area contributed by atoms with Crippen molar-refractivity contribution in [2.24, 2.45) is 5.92 Å². The van der Waals surface area contributed by atoms with Gasteiger partial charge in [-0.05, 0) is 18.2 Å². The quantitative estimate of drug-likeness (QED) is 0.620. The summed E-state index contributed by atoms with van der Waals surface area (Å²) in [6.07, 6.45) is 0. The monoisotopic (exact) mass is 241 g/mol. The van der Waals surface area contributed by atoms with Gasteiger partial charge in [0.2, 0.25) is 0 Å². The lowest BCUT2D eigenvalue weighted by atomic mass is 9.99. The number of carbonyl (C=O) groups is 1. The predicted molar refractivity (Wildman–Crippen MR) is 61.0 cm³/mol. The van der Waals surface area contributed by atoms with Crippen LogP contribution < -0.4 is 4.90 Å². The molecule has 0 spiro atoms. The molecule has 1 aromatic rings. The molecule has 1 aromatic carbocycles. The third-order valence-corrected chi connectivity index (χ3v) is 3.37. The first kappa shape index (κ1) is 11.2. The predicted octanol–water partition coefficient (Wildman–Crippen LogP) is 1.38. The molecule has 0 saturated carbocycles. The molecule has 4 nitrogen and oxygen atoms in total. The Kier molecular flexibility index (Phi) is 3.03. The van der Waals surface area contributed by atoms with Gasteiger partial charge in [0.25, 0.3) is 0 Å². The summed E-state index contributed by atoms with van der Waals surface area (Å²) in [7, 11) is 0. The van der Waals surface area contributed by atoms with Gasteiger partial charge >= 0.3 is 5.97 Å². The Hall–Kier alpha value is -1.26. The van der Waals surface area contributed by atoms with Gasteiger partial charge in [-0.3, -0.25) is 0 Å². The number of nitrogens with zero attached hydrogens (tertiary/aromatic N) is 1. The van der Waals surface area contributed by atoms with Crippen molar-refractivity contribution in [1.29, 1.82) is 0 Å². The third kappa shape index (κ3) is 1.86. The average molecular weight is 242 g/mol. The maximum atomic E-state index is 10.8. The van der Waals surface area contributed by atoms with E-state index in [2.05, 4.69) is 0 Å². The second kappa shape index (κ2) is 4.31. The average Bonchev–Trinajstić information content (AvgIpc) is 2.28. The number of alkyl halides is 1. The SMILES string of the molecule is O=C(O)c1cccc(N2CC(CO)C2Cl)c1. The highest BCUT2D eigenvalue weighted by molar-refractivity contribution is 6.23. The fourth-order valence-electron chi connectivity index (χ4n) is 1.77. The number of halogens is 1. The molecule has 16 heavy (non-hydrogen) atoms. The highest BCUT2D eigenvalue weighted by atomic mass is 35.5. The van der Waals surface area contributed by atoms with E-state index in [1.54, 1.807) is 18.2 Å². The summed E-state index contributed by atoms with van der Waals surface area (Å²) in [5, 5.41) is 17.8. The molecule has 0 aromatic heterocycles. The molecule has 1 heterocycles. The van der Waals surface area contributed by atoms with Gasteiger partial charge in [0, 0.05) is 18.2 Å². The molecule has 0 aliphatic carbocycles. The summed E-state index contributed by atoms with van der Waals surface area (Å²) >= 11 is 6.07. The largest absolute Gasteiger partial charge is 0.478 e. The van der Waals surface area contributed by atoms with E-state index in [1.165, 1.54) is 0 Å². The van der Waals surface area contributed by atoms with E-state index in [0.29, 0.717) is 6.54 Å². The van der Waals surface area contributed by atoms with E-state index in [-0.39, 0.29) is 23.6 Å². The van der Waals surface area contributed by atoms with Crippen LogP contribution in [0.2, 0.25) is 0 Å². The summed E-state index contributed by atoms with van der Waals surface area (Å²) in [6.45, 7) is 0.719. The molecule has 2 unspecified atom stereocenters. The van der Waals surface area contributed by atoms with Crippen LogP contribution in [-0.2, 0) is 0 Å². The van der Waals surface area contributed by atoms with Crippen LogP contribution in [0.25, 0.3) is 0 Å². The lowest BCUT2D eigenvalue weighted by Crippen LogP contribution is -2.54. The molecule has 2 atom stereocenters. The molecule has 0 bridgehead atoms. The second-order valence-corrected chi connectivity index (χ2v) is 4.27.